The first-order valence-electron chi connectivity index (χ1n) is 5.72. The molecule has 0 atom stereocenters. The molecular formula is C14H10F3NS. The molecule has 19 heavy (non-hydrogen) atoms. The predicted molar refractivity (Wildman–Crippen MR) is 70.4 cm³/mol. The summed E-state index contributed by atoms with van der Waals surface area (Å²) in [6, 6.07) is 9.35. The van der Waals surface area contributed by atoms with Crippen LogP contribution in [0.5, 0.6) is 0 Å². The lowest BCUT2D eigenvalue weighted by Gasteiger charge is -2.08. The maximum atomic E-state index is 12.5. The Balaban J connectivity index is 1.86. The third-order valence-corrected chi connectivity index (χ3v) is 3.89. The maximum Gasteiger partial charge on any atom is 0.416 e. The zero-order chi connectivity index (χ0) is 13.5. The van der Waals surface area contributed by atoms with Crippen molar-refractivity contribution in [1.82, 2.24) is 4.57 Å². The van der Waals surface area contributed by atoms with Gasteiger partial charge in [0.2, 0.25) is 0 Å². The Kier molecular flexibility index (Phi) is 2.86. The van der Waals surface area contributed by atoms with Crippen molar-refractivity contribution in [2.45, 2.75) is 12.7 Å². The van der Waals surface area contributed by atoms with Gasteiger partial charge in [-0.05, 0) is 35.2 Å². The van der Waals surface area contributed by atoms with Gasteiger partial charge in [-0.1, -0.05) is 12.1 Å². The van der Waals surface area contributed by atoms with Crippen molar-refractivity contribution < 1.29 is 13.2 Å². The van der Waals surface area contributed by atoms with E-state index in [0.717, 1.165) is 23.2 Å². The number of fused-ring (bicyclic) bond motifs is 1. The summed E-state index contributed by atoms with van der Waals surface area (Å²) in [5.41, 5.74) is 1.37. The van der Waals surface area contributed by atoms with Crippen LogP contribution in [0.3, 0.4) is 0 Å². The van der Waals surface area contributed by atoms with E-state index in [2.05, 4.69) is 0 Å². The number of benzene rings is 1. The van der Waals surface area contributed by atoms with Crippen LogP contribution in [0.4, 0.5) is 13.2 Å². The molecule has 0 aliphatic heterocycles. The molecule has 1 aromatic carbocycles. The second kappa shape index (κ2) is 4.42. The molecule has 5 heteroatoms. The minimum Gasteiger partial charge on any atom is -0.342 e. The Morgan fingerprint density at radius 3 is 2.42 bits per heavy atom. The van der Waals surface area contributed by atoms with Crippen molar-refractivity contribution in [2.24, 2.45) is 0 Å². The summed E-state index contributed by atoms with van der Waals surface area (Å²) in [5.74, 6) is 0. The van der Waals surface area contributed by atoms with Crippen LogP contribution in [-0.4, -0.2) is 4.57 Å². The molecule has 2 aromatic heterocycles. The lowest BCUT2D eigenvalue weighted by molar-refractivity contribution is -0.137. The van der Waals surface area contributed by atoms with Crippen LogP contribution in [0, 0.1) is 0 Å². The van der Waals surface area contributed by atoms with E-state index in [0.29, 0.717) is 6.54 Å². The zero-order valence-electron chi connectivity index (χ0n) is 9.82. The van der Waals surface area contributed by atoms with Gasteiger partial charge in [-0.2, -0.15) is 13.2 Å². The Morgan fingerprint density at radius 2 is 1.74 bits per heavy atom. The van der Waals surface area contributed by atoms with Gasteiger partial charge in [0, 0.05) is 12.7 Å². The fourth-order valence-electron chi connectivity index (χ4n) is 2.05. The van der Waals surface area contributed by atoms with Crippen LogP contribution in [-0.2, 0) is 12.7 Å². The highest BCUT2D eigenvalue weighted by molar-refractivity contribution is 7.17. The van der Waals surface area contributed by atoms with Gasteiger partial charge in [0.25, 0.3) is 0 Å². The monoisotopic (exact) mass is 281 g/mol. The third-order valence-electron chi connectivity index (χ3n) is 3.02. The molecule has 0 radical (unpaired) electrons. The topological polar surface area (TPSA) is 4.93 Å². The van der Waals surface area contributed by atoms with Crippen molar-refractivity contribution in [3.8, 4) is 0 Å². The highest BCUT2D eigenvalue weighted by Crippen LogP contribution is 2.29. The molecule has 0 saturated carbocycles. The summed E-state index contributed by atoms with van der Waals surface area (Å²) in [7, 11) is 0. The van der Waals surface area contributed by atoms with Gasteiger partial charge in [-0.15, -0.1) is 11.3 Å². The molecule has 0 amide bonds. The fraction of sp³-hybridized carbons (Fsp3) is 0.143. The standard InChI is InChI=1S/C14H10F3NS/c15-14(16,17)11-3-1-10(2-4-11)9-18-7-5-13-12(18)6-8-19-13/h1-8H,9H2. The number of rotatable bonds is 2. The zero-order valence-corrected chi connectivity index (χ0v) is 10.6. The molecule has 3 rings (SSSR count). The van der Waals surface area contributed by atoms with Gasteiger partial charge < -0.3 is 4.57 Å². The van der Waals surface area contributed by atoms with Gasteiger partial charge in [0.15, 0.2) is 0 Å². The van der Waals surface area contributed by atoms with Crippen molar-refractivity contribution in [2.75, 3.05) is 0 Å². The highest BCUT2D eigenvalue weighted by Gasteiger charge is 2.29. The summed E-state index contributed by atoms with van der Waals surface area (Å²) in [4.78, 5) is 0. The number of halogens is 3. The molecule has 0 fully saturated rings. The quantitative estimate of drug-likeness (QED) is 0.637. The van der Waals surface area contributed by atoms with Crippen LogP contribution < -0.4 is 0 Å². The molecule has 0 bridgehead atoms. The molecule has 0 saturated heterocycles. The van der Waals surface area contributed by atoms with E-state index in [9.17, 15) is 13.2 Å². The van der Waals surface area contributed by atoms with E-state index >= 15 is 0 Å². The summed E-state index contributed by atoms with van der Waals surface area (Å²) in [5, 5.41) is 2.01. The van der Waals surface area contributed by atoms with E-state index < -0.39 is 11.7 Å². The molecule has 98 valence electrons. The lowest BCUT2D eigenvalue weighted by Crippen LogP contribution is -2.05. The lowest BCUT2D eigenvalue weighted by atomic mass is 10.1. The molecule has 0 spiro atoms. The van der Waals surface area contributed by atoms with E-state index in [4.69, 9.17) is 0 Å². The van der Waals surface area contributed by atoms with Crippen molar-refractivity contribution in [3.05, 3.63) is 59.1 Å². The maximum absolute atomic E-state index is 12.5. The first kappa shape index (κ1) is 12.3. The smallest absolute Gasteiger partial charge is 0.342 e. The summed E-state index contributed by atoms with van der Waals surface area (Å²) >= 11 is 1.65. The number of alkyl halides is 3. The average Bonchev–Trinajstić information content (AvgIpc) is 2.94. The van der Waals surface area contributed by atoms with Gasteiger partial charge in [-0.3, -0.25) is 0 Å². The Morgan fingerprint density at radius 1 is 1.00 bits per heavy atom. The van der Waals surface area contributed by atoms with Crippen LogP contribution in [0.15, 0.2) is 48.0 Å². The van der Waals surface area contributed by atoms with E-state index in [1.807, 2.05) is 28.3 Å². The second-order valence-electron chi connectivity index (χ2n) is 4.31. The molecule has 2 heterocycles. The number of aromatic nitrogens is 1. The van der Waals surface area contributed by atoms with Crippen LogP contribution in [0.25, 0.3) is 10.2 Å². The Hall–Kier alpha value is -1.75. The molecule has 0 N–H and O–H groups in total. The third kappa shape index (κ3) is 2.38. The summed E-state index contributed by atoms with van der Waals surface area (Å²) in [6.07, 6.45) is -2.31. The van der Waals surface area contributed by atoms with Crippen LogP contribution in [0.2, 0.25) is 0 Å². The van der Waals surface area contributed by atoms with Gasteiger partial charge in [0.05, 0.1) is 15.8 Å². The average molecular weight is 281 g/mol. The Labute approximate surface area is 111 Å². The second-order valence-corrected chi connectivity index (χ2v) is 5.26. The largest absolute Gasteiger partial charge is 0.416 e. The molecule has 0 aliphatic carbocycles. The van der Waals surface area contributed by atoms with E-state index in [1.54, 1.807) is 11.3 Å². The first-order valence-corrected chi connectivity index (χ1v) is 6.60. The van der Waals surface area contributed by atoms with E-state index in [1.165, 1.54) is 16.8 Å². The fourth-order valence-corrected chi connectivity index (χ4v) is 2.84. The first-order chi connectivity index (χ1) is 9.04. The summed E-state index contributed by atoms with van der Waals surface area (Å²) < 4.78 is 40.6. The SMILES string of the molecule is FC(F)(F)c1ccc(Cn2ccc3sccc32)cc1. The minimum absolute atomic E-state index is 0.582. The van der Waals surface area contributed by atoms with Crippen molar-refractivity contribution >= 4 is 21.6 Å². The van der Waals surface area contributed by atoms with Crippen molar-refractivity contribution in [3.63, 3.8) is 0 Å². The number of thiophene rings is 1. The normalized spacial score (nSPS) is 12.2. The van der Waals surface area contributed by atoms with Crippen molar-refractivity contribution in [1.29, 1.82) is 0 Å². The number of hydrogen-bond donors (Lipinski definition) is 0. The molecule has 3 aromatic rings. The molecular weight excluding hydrogens is 271 g/mol. The minimum atomic E-state index is -4.27. The molecule has 0 aliphatic rings. The van der Waals surface area contributed by atoms with E-state index in [-0.39, 0.29) is 0 Å². The van der Waals surface area contributed by atoms with Gasteiger partial charge in [0.1, 0.15) is 0 Å². The van der Waals surface area contributed by atoms with Gasteiger partial charge in [-0.25, -0.2) is 0 Å². The Bertz CT molecular complexity index is 691. The summed E-state index contributed by atoms with van der Waals surface area (Å²) in [6.45, 7) is 0.582. The van der Waals surface area contributed by atoms with Crippen LogP contribution >= 0.6 is 11.3 Å². The highest BCUT2D eigenvalue weighted by atomic mass is 32.1. The number of hydrogen-bond acceptors (Lipinski definition) is 1. The molecule has 0 unspecified atom stereocenters. The van der Waals surface area contributed by atoms with Crippen LogP contribution in [0.1, 0.15) is 11.1 Å². The number of nitrogens with zero attached hydrogens (tertiary/aromatic N) is 1. The predicted octanol–water partition coefficient (Wildman–Crippen LogP) is 4.77. The van der Waals surface area contributed by atoms with Gasteiger partial charge >= 0.3 is 6.18 Å². The molecule has 1 nitrogen and oxygen atoms in total.